The molecule has 0 saturated carbocycles. The Hall–Kier alpha value is -2.56. The van der Waals surface area contributed by atoms with Gasteiger partial charge in [0, 0.05) is 18.9 Å². The molecule has 3 nitrogen and oxygen atoms in total. The minimum Gasteiger partial charge on any atom is -0.292 e. The van der Waals surface area contributed by atoms with Crippen LogP contribution in [0.4, 0.5) is 8.78 Å². The number of nitrogens with zero attached hydrogens (tertiary/aromatic N) is 2. The predicted molar refractivity (Wildman–Crippen MR) is 75.1 cm³/mol. The average molecular weight is 286 g/mol. The van der Waals surface area contributed by atoms with E-state index in [1.807, 2.05) is 18.2 Å². The van der Waals surface area contributed by atoms with Gasteiger partial charge in [-0.25, -0.2) is 8.78 Å². The molecule has 106 valence electrons. The highest BCUT2D eigenvalue weighted by molar-refractivity contribution is 6.06. The van der Waals surface area contributed by atoms with Crippen LogP contribution in [0.15, 0.2) is 42.5 Å². The van der Waals surface area contributed by atoms with Gasteiger partial charge in [0.15, 0.2) is 17.4 Å². The third-order valence-corrected chi connectivity index (χ3v) is 3.40. The third kappa shape index (κ3) is 2.31. The number of Topliss-reactive ketones (excluding diaryl/α,β-unsaturated/α-hetero) is 1. The molecule has 0 amide bonds. The van der Waals surface area contributed by atoms with Gasteiger partial charge in [0.2, 0.25) is 0 Å². The Morgan fingerprint density at radius 2 is 1.90 bits per heavy atom. The summed E-state index contributed by atoms with van der Waals surface area (Å²) in [5.41, 5.74) is 1.13. The fourth-order valence-electron chi connectivity index (χ4n) is 2.36. The van der Waals surface area contributed by atoms with Gasteiger partial charge in [-0.1, -0.05) is 30.3 Å². The lowest BCUT2D eigenvalue weighted by Crippen LogP contribution is -2.08. The maximum atomic E-state index is 13.6. The molecule has 0 fully saturated rings. The van der Waals surface area contributed by atoms with Crippen LogP contribution in [0.5, 0.6) is 0 Å². The first-order valence-electron chi connectivity index (χ1n) is 6.45. The second-order valence-corrected chi connectivity index (χ2v) is 4.80. The summed E-state index contributed by atoms with van der Waals surface area (Å²) in [6.07, 6.45) is -0.218. The van der Waals surface area contributed by atoms with E-state index in [4.69, 9.17) is 0 Å². The van der Waals surface area contributed by atoms with Gasteiger partial charge in [-0.2, -0.15) is 5.10 Å². The molecule has 3 rings (SSSR count). The summed E-state index contributed by atoms with van der Waals surface area (Å²) in [6, 6.07) is 11.1. The Balaban J connectivity index is 2.00. The van der Waals surface area contributed by atoms with Crippen LogP contribution < -0.4 is 0 Å². The molecular formula is C16H12F2N2O. The van der Waals surface area contributed by atoms with Crippen LogP contribution >= 0.6 is 0 Å². The van der Waals surface area contributed by atoms with Gasteiger partial charge in [0.25, 0.3) is 0 Å². The van der Waals surface area contributed by atoms with Crippen molar-refractivity contribution in [3.63, 3.8) is 0 Å². The zero-order valence-electron chi connectivity index (χ0n) is 11.3. The topological polar surface area (TPSA) is 34.9 Å². The standard InChI is InChI=1S/C16H12F2N2O/c1-20-13-8-3-2-6-11(13)16(19-20)14(21)9-10-5-4-7-12(17)15(10)18/h2-8H,9H2,1H3. The number of aromatic nitrogens is 2. The molecule has 0 aliphatic carbocycles. The van der Waals surface area contributed by atoms with Crippen LogP contribution in [0.25, 0.3) is 10.9 Å². The number of ketones is 1. The quantitative estimate of drug-likeness (QED) is 0.693. The van der Waals surface area contributed by atoms with E-state index in [9.17, 15) is 13.6 Å². The summed E-state index contributed by atoms with van der Waals surface area (Å²) in [7, 11) is 1.74. The Kier molecular flexibility index (Phi) is 3.25. The van der Waals surface area contributed by atoms with Crippen molar-refractivity contribution >= 4 is 16.7 Å². The second kappa shape index (κ2) is 5.09. The highest BCUT2D eigenvalue weighted by Crippen LogP contribution is 2.20. The molecule has 0 bridgehead atoms. The Morgan fingerprint density at radius 3 is 2.71 bits per heavy atom. The number of carbonyl (C=O) groups excluding carboxylic acids is 1. The highest BCUT2D eigenvalue weighted by atomic mass is 19.2. The fourth-order valence-corrected chi connectivity index (χ4v) is 2.36. The normalized spacial score (nSPS) is 11.0. The van der Waals surface area contributed by atoms with Crippen LogP contribution in [0, 0.1) is 11.6 Å². The van der Waals surface area contributed by atoms with Crippen molar-refractivity contribution in [1.82, 2.24) is 9.78 Å². The number of carbonyl (C=O) groups is 1. The highest BCUT2D eigenvalue weighted by Gasteiger charge is 2.18. The van der Waals surface area contributed by atoms with Gasteiger partial charge in [0.1, 0.15) is 5.69 Å². The molecule has 3 aromatic rings. The molecule has 0 saturated heterocycles. The summed E-state index contributed by atoms with van der Waals surface area (Å²) in [4.78, 5) is 12.3. The van der Waals surface area contributed by atoms with E-state index in [0.717, 1.165) is 11.6 Å². The molecule has 0 unspecified atom stereocenters. The van der Waals surface area contributed by atoms with Crippen molar-refractivity contribution in [2.45, 2.75) is 6.42 Å². The van der Waals surface area contributed by atoms with Gasteiger partial charge < -0.3 is 0 Å². The van der Waals surface area contributed by atoms with E-state index in [-0.39, 0.29) is 23.5 Å². The van der Waals surface area contributed by atoms with Crippen molar-refractivity contribution in [3.8, 4) is 0 Å². The monoisotopic (exact) mass is 286 g/mol. The average Bonchev–Trinajstić information content (AvgIpc) is 2.82. The first-order chi connectivity index (χ1) is 10.1. The van der Waals surface area contributed by atoms with Crippen LogP contribution in [0.2, 0.25) is 0 Å². The molecule has 1 heterocycles. The Morgan fingerprint density at radius 1 is 1.14 bits per heavy atom. The van der Waals surface area contributed by atoms with E-state index in [0.29, 0.717) is 5.39 Å². The molecule has 0 aliphatic rings. The summed E-state index contributed by atoms with van der Waals surface area (Å²) >= 11 is 0. The van der Waals surface area contributed by atoms with Crippen LogP contribution in [0.1, 0.15) is 16.1 Å². The smallest absolute Gasteiger partial charge is 0.188 e. The van der Waals surface area contributed by atoms with Crippen molar-refractivity contribution in [2.24, 2.45) is 7.05 Å². The maximum Gasteiger partial charge on any atom is 0.188 e. The number of halogens is 2. The predicted octanol–water partition coefficient (Wildman–Crippen LogP) is 3.28. The third-order valence-electron chi connectivity index (χ3n) is 3.40. The molecule has 1 aromatic heterocycles. The van der Waals surface area contributed by atoms with Gasteiger partial charge in [-0.3, -0.25) is 9.48 Å². The summed E-state index contributed by atoms with van der Waals surface area (Å²) in [6.45, 7) is 0. The summed E-state index contributed by atoms with van der Waals surface area (Å²) in [5.74, 6) is -2.27. The number of para-hydroxylation sites is 1. The van der Waals surface area contributed by atoms with Gasteiger partial charge in [-0.05, 0) is 17.7 Å². The minimum atomic E-state index is -0.980. The van der Waals surface area contributed by atoms with E-state index >= 15 is 0 Å². The SMILES string of the molecule is Cn1nc(C(=O)Cc2cccc(F)c2F)c2ccccc21. The summed E-state index contributed by atoms with van der Waals surface area (Å²) in [5, 5.41) is 4.90. The number of fused-ring (bicyclic) bond motifs is 1. The van der Waals surface area contributed by atoms with E-state index < -0.39 is 11.6 Å². The van der Waals surface area contributed by atoms with Crippen molar-refractivity contribution in [3.05, 3.63) is 65.4 Å². The van der Waals surface area contributed by atoms with Crippen LogP contribution in [0.3, 0.4) is 0 Å². The molecule has 0 spiro atoms. The fraction of sp³-hybridized carbons (Fsp3) is 0.125. The Bertz CT molecular complexity index is 839. The largest absolute Gasteiger partial charge is 0.292 e. The lowest BCUT2D eigenvalue weighted by molar-refractivity contribution is 0.0987. The van der Waals surface area contributed by atoms with E-state index in [1.54, 1.807) is 17.8 Å². The number of hydrogen-bond acceptors (Lipinski definition) is 2. The van der Waals surface area contributed by atoms with Crippen molar-refractivity contribution in [2.75, 3.05) is 0 Å². The minimum absolute atomic E-state index is 0.0368. The van der Waals surface area contributed by atoms with Gasteiger partial charge in [-0.15, -0.1) is 0 Å². The lowest BCUT2D eigenvalue weighted by atomic mass is 10.0. The van der Waals surface area contributed by atoms with Crippen LogP contribution in [-0.2, 0) is 13.5 Å². The van der Waals surface area contributed by atoms with Gasteiger partial charge >= 0.3 is 0 Å². The second-order valence-electron chi connectivity index (χ2n) is 4.80. The number of benzene rings is 2. The van der Waals surface area contributed by atoms with Crippen molar-refractivity contribution in [1.29, 1.82) is 0 Å². The molecule has 0 radical (unpaired) electrons. The zero-order valence-corrected chi connectivity index (χ0v) is 11.3. The van der Waals surface area contributed by atoms with Gasteiger partial charge in [0.05, 0.1) is 5.52 Å². The number of rotatable bonds is 3. The molecule has 2 aromatic carbocycles. The summed E-state index contributed by atoms with van der Waals surface area (Å²) < 4.78 is 28.4. The first kappa shape index (κ1) is 13.4. The van der Waals surface area contributed by atoms with Crippen molar-refractivity contribution < 1.29 is 13.6 Å². The van der Waals surface area contributed by atoms with Crippen LogP contribution in [-0.4, -0.2) is 15.6 Å². The first-order valence-corrected chi connectivity index (χ1v) is 6.45. The number of hydrogen-bond donors (Lipinski definition) is 0. The molecule has 0 aliphatic heterocycles. The molecular weight excluding hydrogens is 274 g/mol. The lowest BCUT2D eigenvalue weighted by Gasteiger charge is -2.02. The number of aryl methyl sites for hydroxylation is 1. The molecule has 0 N–H and O–H groups in total. The molecule has 21 heavy (non-hydrogen) atoms. The van der Waals surface area contributed by atoms with E-state index in [1.165, 1.54) is 12.1 Å². The maximum absolute atomic E-state index is 13.6. The molecule has 0 atom stereocenters. The zero-order chi connectivity index (χ0) is 15.0. The van der Waals surface area contributed by atoms with E-state index in [2.05, 4.69) is 5.10 Å². The Labute approximate surface area is 119 Å². The molecule has 5 heteroatoms.